The first-order valence-corrected chi connectivity index (χ1v) is 7.77. The van der Waals surface area contributed by atoms with Crippen molar-refractivity contribution in [1.82, 2.24) is 5.43 Å². The molecular formula is C18H23N3. The molecule has 0 amide bonds. The zero-order chi connectivity index (χ0) is 14.5. The summed E-state index contributed by atoms with van der Waals surface area (Å²) in [6.45, 7) is 3.96. The van der Waals surface area contributed by atoms with Crippen molar-refractivity contribution >= 4 is 11.4 Å². The summed E-state index contributed by atoms with van der Waals surface area (Å²) >= 11 is 0. The van der Waals surface area contributed by atoms with Gasteiger partial charge in [0.2, 0.25) is 0 Å². The Bertz CT molecular complexity index is 550. The van der Waals surface area contributed by atoms with Crippen LogP contribution in [0.1, 0.15) is 25.3 Å². The van der Waals surface area contributed by atoms with Gasteiger partial charge >= 0.3 is 0 Å². The molecule has 0 bridgehead atoms. The fourth-order valence-electron chi connectivity index (χ4n) is 2.65. The molecule has 0 aliphatic carbocycles. The van der Waals surface area contributed by atoms with Crippen LogP contribution >= 0.6 is 0 Å². The van der Waals surface area contributed by atoms with Crippen LogP contribution in [-0.4, -0.2) is 13.3 Å². The van der Waals surface area contributed by atoms with E-state index < -0.39 is 0 Å². The van der Waals surface area contributed by atoms with Gasteiger partial charge in [-0.15, -0.1) is 0 Å². The summed E-state index contributed by atoms with van der Waals surface area (Å²) in [5.41, 5.74) is 7.36. The molecule has 3 heteroatoms. The second-order valence-corrected chi connectivity index (χ2v) is 5.53. The largest absolute Gasteiger partial charge is 0.338 e. The SMILES string of the molecule is CCCCc1ccc(N2CN(c3ccccc3)CN2)cc1. The molecule has 0 saturated carbocycles. The normalized spacial score (nSPS) is 14.7. The van der Waals surface area contributed by atoms with Gasteiger partial charge in [0.15, 0.2) is 0 Å². The minimum absolute atomic E-state index is 0.849. The maximum Gasteiger partial charge on any atom is 0.107 e. The third-order valence-corrected chi connectivity index (χ3v) is 3.95. The monoisotopic (exact) mass is 281 g/mol. The van der Waals surface area contributed by atoms with Gasteiger partial charge in [-0.1, -0.05) is 43.7 Å². The lowest BCUT2D eigenvalue weighted by molar-refractivity contribution is 0.782. The highest BCUT2D eigenvalue weighted by Gasteiger charge is 2.19. The molecule has 2 aromatic carbocycles. The number of unbranched alkanes of at least 4 members (excludes halogenated alkanes) is 1. The van der Waals surface area contributed by atoms with Gasteiger partial charge in [0.05, 0.1) is 12.4 Å². The third-order valence-electron chi connectivity index (χ3n) is 3.95. The molecule has 1 fully saturated rings. The maximum absolute atomic E-state index is 3.44. The van der Waals surface area contributed by atoms with E-state index in [2.05, 4.69) is 76.9 Å². The number of para-hydroxylation sites is 1. The molecule has 0 spiro atoms. The van der Waals surface area contributed by atoms with Crippen molar-refractivity contribution in [2.24, 2.45) is 0 Å². The molecule has 0 aromatic heterocycles. The topological polar surface area (TPSA) is 18.5 Å². The van der Waals surface area contributed by atoms with E-state index >= 15 is 0 Å². The average Bonchev–Trinajstić information content (AvgIpc) is 3.04. The number of hydrogen-bond acceptors (Lipinski definition) is 3. The molecule has 21 heavy (non-hydrogen) atoms. The molecule has 110 valence electrons. The number of aryl methyl sites for hydroxylation is 1. The van der Waals surface area contributed by atoms with Crippen LogP contribution in [0.4, 0.5) is 11.4 Å². The summed E-state index contributed by atoms with van der Waals surface area (Å²) in [6.07, 6.45) is 3.70. The standard InChI is InChI=1S/C18H23N3/c1-2-3-7-16-10-12-18(13-11-16)21-15-20(14-19-21)17-8-5-4-6-9-17/h4-6,8-13,19H,2-3,7,14-15H2,1H3. The van der Waals surface area contributed by atoms with Gasteiger partial charge in [-0.3, -0.25) is 5.01 Å². The van der Waals surface area contributed by atoms with E-state index in [-0.39, 0.29) is 0 Å². The summed E-state index contributed by atoms with van der Waals surface area (Å²) in [5, 5.41) is 2.20. The number of nitrogens with one attached hydrogen (secondary N) is 1. The van der Waals surface area contributed by atoms with E-state index in [0.29, 0.717) is 0 Å². The van der Waals surface area contributed by atoms with Crippen molar-refractivity contribution in [2.75, 3.05) is 23.2 Å². The van der Waals surface area contributed by atoms with Gasteiger partial charge in [-0.05, 0) is 42.7 Å². The van der Waals surface area contributed by atoms with Crippen molar-refractivity contribution in [3.63, 3.8) is 0 Å². The summed E-state index contributed by atoms with van der Waals surface area (Å²) in [4.78, 5) is 2.32. The molecule has 3 nitrogen and oxygen atoms in total. The van der Waals surface area contributed by atoms with Crippen LogP contribution in [0.2, 0.25) is 0 Å². The summed E-state index contributed by atoms with van der Waals surface area (Å²) in [5.74, 6) is 0. The Labute approximate surface area is 127 Å². The Kier molecular flexibility index (Phi) is 4.41. The average molecular weight is 281 g/mol. The van der Waals surface area contributed by atoms with E-state index in [0.717, 1.165) is 13.3 Å². The highest BCUT2D eigenvalue weighted by molar-refractivity contribution is 5.53. The molecule has 1 aliphatic rings. The van der Waals surface area contributed by atoms with Crippen molar-refractivity contribution in [1.29, 1.82) is 0 Å². The van der Waals surface area contributed by atoms with Gasteiger partial charge in [-0.25, -0.2) is 5.43 Å². The quantitative estimate of drug-likeness (QED) is 0.900. The molecule has 1 aliphatic heterocycles. The third kappa shape index (κ3) is 3.37. The number of nitrogens with zero attached hydrogens (tertiary/aromatic N) is 2. The summed E-state index contributed by atoms with van der Waals surface area (Å²) in [7, 11) is 0. The Morgan fingerprint density at radius 1 is 0.952 bits per heavy atom. The predicted octanol–water partition coefficient (Wildman–Crippen LogP) is 3.78. The van der Waals surface area contributed by atoms with Gasteiger partial charge in [0.25, 0.3) is 0 Å². The first-order chi connectivity index (χ1) is 10.4. The van der Waals surface area contributed by atoms with E-state index in [1.807, 2.05) is 0 Å². The van der Waals surface area contributed by atoms with Crippen molar-refractivity contribution in [3.8, 4) is 0 Å². The molecule has 1 heterocycles. The molecule has 1 saturated heterocycles. The van der Waals surface area contributed by atoms with E-state index in [1.54, 1.807) is 0 Å². The number of rotatable bonds is 5. The van der Waals surface area contributed by atoms with Crippen LogP contribution < -0.4 is 15.3 Å². The Morgan fingerprint density at radius 3 is 2.43 bits per heavy atom. The number of anilines is 2. The summed E-state index contributed by atoms with van der Waals surface area (Å²) in [6, 6.07) is 19.5. The molecule has 1 N–H and O–H groups in total. The zero-order valence-electron chi connectivity index (χ0n) is 12.6. The van der Waals surface area contributed by atoms with Crippen LogP contribution in [0.15, 0.2) is 54.6 Å². The zero-order valence-corrected chi connectivity index (χ0v) is 12.6. The molecule has 0 radical (unpaired) electrons. The minimum Gasteiger partial charge on any atom is -0.338 e. The Balaban J connectivity index is 1.63. The number of hydrazine groups is 1. The molecule has 0 atom stereocenters. The molecular weight excluding hydrogens is 258 g/mol. The van der Waals surface area contributed by atoms with Gasteiger partial charge in [0, 0.05) is 5.69 Å². The van der Waals surface area contributed by atoms with Crippen molar-refractivity contribution in [2.45, 2.75) is 26.2 Å². The lowest BCUT2D eigenvalue weighted by Crippen LogP contribution is -2.30. The second kappa shape index (κ2) is 6.64. The van der Waals surface area contributed by atoms with E-state index in [1.165, 1.54) is 36.2 Å². The summed E-state index contributed by atoms with van der Waals surface area (Å²) < 4.78 is 0. The molecule has 0 unspecified atom stereocenters. The van der Waals surface area contributed by atoms with E-state index in [4.69, 9.17) is 0 Å². The Hall–Kier alpha value is -2.00. The van der Waals surface area contributed by atoms with Gasteiger partial charge in [0.1, 0.15) is 6.67 Å². The number of hydrogen-bond donors (Lipinski definition) is 1. The Morgan fingerprint density at radius 2 is 1.71 bits per heavy atom. The van der Waals surface area contributed by atoms with Crippen LogP contribution in [-0.2, 0) is 6.42 Å². The fourth-order valence-corrected chi connectivity index (χ4v) is 2.65. The lowest BCUT2D eigenvalue weighted by Gasteiger charge is -2.20. The highest BCUT2D eigenvalue weighted by atomic mass is 15.6. The fraction of sp³-hybridized carbons (Fsp3) is 0.333. The second-order valence-electron chi connectivity index (χ2n) is 5.53. The predicted molar refractivity (Wildman–Crippen MR) is 89.3 cm³/mol. The van der Waals surface area contributed by atoms with Crippen LogP contribution in [0, 0.1) is 0 Å². The first kappa shape index (κ1) is 14.0. The lowest BCUT2D eigenvalue weighted by atomic mass is 10.1. The smallest absolute Gasteiger partial charge is 0.107 e. The maximum atomic E-state index is 3.44. The van der Waals surface area contributed by atoms with Crippen LogP contribution in [0.5, 0.6) is 0 Å². The first-order valence-electron chi connectivity index (χ1n) is 7.77. The van der Waals surface area contributed by atoms with Gasteiger partial charge < -0.3 is 4.90 Å². The van der Waals surface area contributed by atoms with Crippen LogP contribution in [0.3, 0.4) is 0 Å². The van der Waals surface area contributed by atoms with E-state index in [9.17, 15) is 0 Å². The molecule has 3 rings (SSSR count). The van der Waals surface area contributed by atoms with Gasteiger partial charge in [-0.2, -0.15) is 0 Å². The van der Waals surface area contributed by atoms with Crippen molar-refractivity contribution < 1.29 is 0 Å². The van der Waals surface area contributed by atoms with Crippen LogP contribution in [0.25, 0.3) is 0 Å². The minimum atomic E-state index is 0.849. The van der Waals surface area contributed by atoms with Crippen molar-refractivity contribution in [3.05, 3.63) is 60.2 Å². The highest BCUT2D eigenvalue weighted by Crippen LogP contribution is 2.21. The number of benzene rings is 2. The molecule has 2 aromatic rings.